The molecule has 4 aromatic rings. The van der Waals surface area contributed by atoms with Gasteiger partial charge in [0.15, 0.2) is 0 Å². The molecule has 0 unspecified atom stereocenters. The highest BCUT2D eigenvalue weighted by molar-refractivity contribution is 8.00. The lowest BCUT2D eigenvalue weighted by atomic mass is 10.1. The summed E-state index contributed by atoms with van der Waals surface area (Å²) in [6.45, 7) is 0.0325. The van der Waals surface area contributed by atoms with Gasteiger partial charge in [0.1, 0.15) is 22.8 Å². The van der Waals surface area contributed by atoms with Crippen molar-refractivity contribution in [3.05, 3.63) is 75.8 Å². The fourth-order valence-corrected chi connectivity index (χ4v) is 5.08. The SMILES string of the molecule is O=C(CSc1ncnc2scc(-c3ccccc3)c12)OCc1c(Cl)cccc1Cl. The van der Waals surface area contributed by atoms with Crippen LogP contribution < -0.4 is 0 Å². The number of thiophene rings is 1. The molecule has 0 aliphatic heterocycles. The number of carbonyl (C=O) groups is 1. The summed E-state index contributed by atoms with van der Waals surface area (Å²) < 4.78 is 5.35. The molecule has 4 nitrogen and oxygen atoms in total. The zero-order valence-electron chi connectivity index (χ0n) is 15.0. The van der Waals surface area contributed by atoms with E-state index in [-0.39, 0.29) is 18.3 Å². The summed E-state index contributed by atoms with van der Waals surface area (Å²) in [7, 11) is 0. The second-order valence-electron chi connectivity index (χ2n) is 6.02. The largest absolute Gasteiger partial charge is 0.460 e. The third kappa shape index (κ3) is 4.56. The number of benzene rings is 2. The summed E-state index contributed by atoms with van der Waals surface area (Å²) in [5, 5.41) is 4.72. The van der Waals surface area contributed by atoms with Crippen LogP contribution in [0.25, 0.3) is 21.3 Å². The van der Waals surface area contributed by atoms with Crippen molar-refractivity contribution in [1.82, 2.24) is 9.97 Å². The lowest BCUT2D eigenvalue weighted by Gasteiger charge is -2.09. The molecule has 0 aliphatic carbocycles. The Morgan fingerprint density at radius 1 is 1.03 bits per heavy atom. The molecule has 0 saturated carbocycles. The van der Waals surface area contributed by atoms with Crippen LogP contribution in [-0.2, 0) is 16.1 Å². The first kappa shape index (κ1) is 20.2. The highest BCUT2D eigenvalue weighted by atomic mass is 35.5. The van der Waals surface area contributed by atoms with Crippen LogP contribution in [-0.4, -0.2) is 21.7 Å². The van der Waals surface area contributed by atoms with Crippen LogP contribution in [0.4, 0.5) is 0 Å². The van der Waals surface area contributed by atoms with Gasteiger partial charge in [-0.05, 0) is 17.7 Å². The number of ether oxygens (including phenoxy) is 1. The van der Waals surface area contributed by atoms with E-state index in [1.165, 1.54) is 18.1 Å². The summed E-state index contributed by atoms with van der Waals surface area (Å²) in [5.41, 5.74) is 2.75. The molecular weight excluding hydrogens is 447 g/mol. The van der Waals surface area contributed by atoms with Crippen molar-refractivity contribution in [2.75, 3.05) is 5.75 Å². The van der Waals surface area contributed by atoms with Crippen LogP contribution in [0, 0.1) is 0 Å². The van der Waals surface area contributed by atoms with E-state index in [9.17, 15) is 4.79 Å². The van der Waals surface area contributed by atoms with Gasteiger partial charge in [0, 0.05) is 26.6 Å². The van der Waals surface area contributed by atoms with E-state index in [2.05, 4.69) is 15.3 Å². The maximum absolute atomic E-state index is 12.3. The molecule has 0 bridgehead atoms. The standard InChI is InChI=1S/C21H14Cl2N2O2S2/c22-16-7-4-8-17(23)14(16)9-27-18(26)11-29-21-19-15(13-5-2-1-3-6-13)10-28-20(19)24-12-25-21/h1-8,10,12H,9,11H2. The second-order valence-corrected chi connectivity index (χ2v) is 8.66. The Kier molecular flexibility index (Phi) is 6.35. The Bertz CT molecular complexity index is 1150. The Hall–Kier alpha value is -2.12. The molecule has 0 atom stereocenters. The maximum atomic E-state index is 12.3. The topological polar surface area (TPSA) is 52.1 Å². The van der Waals surface area contributed by atoms with Gasteiger partial charge in [-0.1, -0.05) is 71.4 Å². The van der Waals surface area contributed by atoms with Crippen molar-refractivity contribution < 1.29 is 9.53 Å². The minimum absolute atomic E-state index is 0.0325. The van der Waals surface area contributed by atoms with Gasteiger partial charge >= 0.3 is 5.97 Å². The van der Waals surface area contributed by atoms with E-state index in [4.69, 9.17) is 27.9 Å². The molecule has 2 aromatic heterocycles. The van der Waals surface area contributed by atoms with Crippen LogP contribution in [0.5, 0.6) is 0 Å². The summed E-state index contributed by atoms with van der Waals surface area (Å²) in [5.74, 6) is -0.243. The van der Waals surface area contributed by atoms with Crippen LogP contribution in [0.3, 0.4) is 0 Å². The van der Waals surface area contributed by atoms with E-state index >= 15 is 0 Å². The van der Waals surface area contributed by atoms with E-state index in [0.29, 0.717) is 15.6 Å². The number of hydrogen-bond donors (Lipinski definition) is 0. The number of carbonyl (C=O) groups excluding carboxylic acids is 1. The van der Waals surface area contributed by atoms with Gasteiger partial charge in [-0.2, -0.15) is 0 Å². The van der Waals surface area contributed by atoms with E-state index < -0.39 is 0 Å². The van der Waals surface area contributed by atoms with Gasteiger partial charge in [0.05, 0.1) is 11.1 Å². The van der Waals surface area contributed by atoms with Crippen LogP contribution in [0.15, 0.2) is 65.3 Å². The first-order chi connectivity index (χ1) is 14.1. The minimum atomic E-state index is -0.366. The quantitative estimate of drug-likeness (QED) is 0.186. The molecule has 4 rings (SSSR count). The number of halogens is 2. The summed E-state index contributed by atoms with van der Waals surface area (Å²) in [6.07, 6.45) is 1.52. The smallest absolute Gasteiger partial charge is 0.316 e. The lowest BCUT2D eigenvalue weighted by molar-refractivity contribution is -0.141. The van der Waals surface area contributed by atoms with Crippen molar-refractivity contribution in [2.24, 2.45) is 0 Å². The van der Waals surface area contributed by atoms with Gasteiger partial charge in [-0.25, -0.2) is 9.97 Å². The minimum Gasteiger partial charge on any atom is -0.460 e. The normalized spacial score (nSPS) is 11.0. The Morgan fingerprint density at radius 2 is 1.79 bits per heavy atom. The molecule has 29 heavy (non-hydrogen) atoms. The molecule has 0 N–H and O–H groups in total. The third-order valence-electron chi connectivity index (χ3n) is 4.19. The highest BCUT2D eigenvalue weighted by Gasteiger charge is 2.15. The average Bonchev–Trinajstić information content (AvgIpc) is 3.17. The summed E-state index contributed by atoms with van der Waals surface area (Å²) in [6, 6.07) is 15.2. The molecule has 0 fully saturated rings. The predicted octanol–water partition coefficient (Wildman–Crippen LogP) is 6.50. The number of hydrogen-bond acceptors (Lipinski definition) is 6. The number of nitrogens with zero attached hydrogens (tertiary/aromatic N) is 2. The molecule has 2 heterocycles. The Labute approximate surface area is 185 Å². The number of esters is 1. The van der Waals surface area contributed by atoms with Gasteiger partial charge in [0.25, 0.3) is 0 Å². The number of aromatic nitrogens is 2. The van der Waals surface area contributed by atoms with Crippen molar-refractivity contribution in [1.29, 1.82) is 0 Å². The summed E-state index contributed by atoms with van der Waals surface area (Å²) in [4.78, 5) is 21.9. The lowest BCUT2D eigenvalue weighted by Crippen LogP contribution is -2.08. The molecule has 0 radical (unpaired) electrons. The molecular formula is C21H14Cl2N2O2S2. The van der Waals surface area contributed by atoms with Crippen molar-refractivity contribution in [2.45, 2.75) is 11.6 Å². The summed E-state index contributed by atoms with van der Waals surface area (Å²) >= 11 is 15.1. The predicted molar refractivity (Wildman–Crippen MR) is 120 cm³/mol. The van der Waals surface area contributed by atoms with Crippen LogP contribution in [0.2, 0.25) is 10.0 Å². The average molecular weight is 461 g/mol. The maximum Gasteiger partial charge on any atom is 0.316 e. The van der Waals surface area contributed by atoms with Gasteiger partial charge in [-0.3, -0.25) is 4.79 Å². The number of thioether (sulfide) groups is 1. The fourth-order valence-electron chi connectivity index (χ4n) is 2.78. The van der Waals surface area contributed by atoms with Crippen LogP contribution >= 0.6 is 46.3 Å². The Morgan fingerprint density at radius 3 is 2.55 bits per heavy atom. The van der Waals surface area contributed by atoms with Crippen molar-refractivity contribution in [3.8, 4) is 11.1 Å². The van der Waals surface area contributed by atoms with Gasteiger partial charge in [-0.15, -0.1) is 11.3 Å². The first-order valence-corrected chi connectivity index (χ1v) is 11.2. The molecule has 146 valence electrons. The number of rotatable bonds is 6. The molecule has 0 spiro atoms. The van der Waals surface area contributed by atoms with E-state index in [1.807, 2.05) is 30.3 Å². The van der Waals surface area contributed by atoms with E-state index in [1.54, 1.807) is 29.5 Å². The first-order valence-electron chi connectivity index (χ1n) is 8.62. The molecule has 8 heteroatoms. The third-order valence-corrected chi connectivity index (χ3v) is 6.74. The van der Waals surface area contributed by atoms with Crippen LogP contribution in [0.1, 0.15) is 5.56 Å². The zero-order chi connectivity index (χ0) is 20.2. The molecule has 0 aliphatic rings. The Balaban J connectivity index is 1.48. The van der Waals surface area contributed by atoms with Crippen molar-refractivity contribution in [3.63, 3.8) is 0 Å². The van der Waals surface area contributed by atoms with Gasteiger partial charge in [0.2, 0.25) is 0 Å². The second kappa shape index (κ2) is 9.13. The van der Waals surface area contributed by atoms with E-state index in [0.717, 1.165) is 26.4 Å². The fraction of sp³-hybridized carbons (Fsp3) is 0.0952. The van der Waals surface area contributed by atoms with Crippen molar-refractivity contribution >= 4 is 62.5 Å². The number of fused-ring (bicyclic) bond motifs is 1. The van der Waals surface area contributed by atoms with Gasteiger partial charge < -0.3 is 4.74 Å². The monoisotopic (exact) mass is 460 g/mol. The highest BCUT2D eigenvalue weighted by Crippen LogP contribution is 2.37. The molecule has 0 saturated heterocycles. The zero-order valence-corrected chi connectivity index (χ0v) is 18.1. The molecule has 2 aromatic carbocycles. The molecule has 0 amide bonds.